The number of aromatic nitrogens is 3. The van der Waals surface area contributed by atoms with Gasteiger partial charge in [0, 0.05) is 18.3 Å². The van der Waals surface area contributed by atoms with E-state index < -0.39 is 6.36 Å². The molecule has 0 radical (unpaired) electrons. The lowest BCUT2D eigenvalue weighted by Crippen LogP contribution is -2.23. The highest BCUT2D eigenvalue weighted by atomic mass is 19.4. The van der Waals surface area contributed by atoms with Crippen LogP contribution in [0.5, 0.6) is 5.75 Å². The Bertz CT molecular complexity index is 1060. The second-order valence-corrected chi connectivity index (χ2v) is 5.80. The van der Waals surface area contributed by atoms with Gasteiger partial charge in [-0.3, -0.25) is 14.7 Å². The van der Waals surface area contributed by atoms with Crippen LogP contribution in [0.1, 0.15) is 19.0 Å². The SMILES string of the molecule is CCCn1c(C)c2c(=O)n(-c3ccc(OC(F)(F)F)cc3)[nH]c2cc1=O. The summed E-state index contributed by atoms with van der Waals surface area (Å²) in [5.74, 6) is -0.385. The van der Waals surface area contributed by atoms with Crippen molar-refractivity contribution in [2.45, 2.75) is 33.2 Å². The number of benzene rings is 1. The van der Waals surface area contributed by atoms with Gasteiger partial charge in [0.05, 0.1) is 16.6 Å². The molecule has 26 heavy (non-hydrogen) atoms. The molecule has 0 aliphatic heterocycles. The van der Waals surface area contributed by atoms with Crippen molar-refractivity contribution in [1.82, 2.24) is 14.3 Å². The molecule has 3 rings (SSSR count). The predicted octanol–water partition coefficient (Wildman–Crippen LogP) is 3.10. The smallest absolute Gasteiger partial charge is 0.406 e. The van der Waals surface area contributed by atoms with Gasteiger partial charge in [0.25, 0.3) is 11.1 Å². The second kappa shape index (κ2) is 6.40. The molecule has 0 unspecified atom stereocenters. The fourth-order valence-corrected chi connectivity index (χ4v) is 2.89. The molecule has 3 aromatic rings. The summed E-state index contributed by atoms with van der Waals surface area (Å²) in [5, 5.41) is 3.20. The van der Waals surface area contributed by atoms with Crippen molar-refractivity contribution in [2.24, 2.45) is 0 Å². The Kier molecular flexibility index (Phi) is 4.39. The summed E-state index contributed by atoms with van der Waals surface area (Å²) in [6, 6.07) is 6.22. The van der Waals surface area contributed by atoms with Crippen LogP contribution < -0.4 is 15.9 Å². The molecule has 2 heterocycles. The maximum absolute atomic E-state index is 12.7. The van der Waals surface area contributed by atoms with Crippen LogP contribution in [-0.4, -0.2) is 20.7 Å². The van der Waals surface area contributed by atoms with Crippen molar-refractivity contribution >= 4 is 10.9 Å². The summed E-state index contributed by atoms with van der Waals surface area (Å²) in [4.78, 5) is 24.9. The van der Waals surface area contributed by atoms with Gasteiger partial charge in [-0.05, 0) is 37.6 Å². The predicted molar refractivity (Wildman–Crippen MR) is 89.9 cm³/mol. The number of nitrogens with one attached hydrogen (secondary N) is 1. The molecule has 138 valence electrons. The molecule has 0 spiro atoms. The normalized spacial score (nSPS) is 11.9. The van der Waals surface area contributed by atoms with Crippen molar-refractivity contribution in [3.8, 4) is 11.4 Å². The van der Waals surface area contributed by atoms with E-state index in [-0.39, 0.29) is 16.9 Å². The summed E-state index contributed by atoms with van der Waals surface area (Å²) >= 11 is 0. The van der Waals surface area contributed by atoms with Gasteiger partial charge in [0.2, 0.25) is 0 Å². The number of ether oxygens (including phenoxy) is 1. The molecule has 9 heteroatoms. The Morgan fingerprint density at radius 2 is 1.81 bits per heavy atom. The third-order valence-corrected chi connectivity index (χ3v) is 3.99. The lowest BCUT2D eigenvalue weighted by molar-refractivity contribution is -0.274. The number of H-pyrrole nitrogens is 1. The number of nitrogens with zero attached hydrogens (tertiary/aromatic N) is 2. The van der Waals surface area contributed by atoms with E-state index in [1.54, 1.807) is 6.92 Å². The lowest BCUT2D eigenvalue weighted by atomic mass is 10.2. The standard InChI is InChI=1S/C17H16F3N3O3/c1-3-8-22-10(2)15-13(9-14(22)24)21-23(16(15)25)11-4-6-12(7-5-11)26-17(18,19)20/h4-7,9,21H,3,8H2,1-2H3. The molecule has 0 bridgehead atoms. The third-order valence-electron chi connectivity index (χ3n) is 3.99. The van der Waals surface area contributed by atoms with Crippen LogP contribution in [0.3, 0.4) is 0 Å². The van der Waals surface area contributed by atoms with Gasteiger partial charge in [0.15, 0.2) is 0 Å². The third kappa shape index (κ3) is 3.24. The fraction of sp³-hybridized carbons (Fsp3) is 0.294. The molecule has 0 amide bonds. The van der Waals surface area contributed by atoms with E-state index in [1.807, 2.05) is 6.92 Å². The fourth-order valence-electron chi connectivity index (χ4n) is 2.89. The number of hydrogen-bond acceptors (Lipinski definition) is 3. The summed E-state index contributed by atoms with van der Waals surface area (Å²) in [7, 11) is 0. The number of halogens is 3. The molecule has 1 aromatic carbocycles. The molecule has 0 fully saturated rings. The molecule has 0 saturated heterocycles. The van der Waals surface area contributed by atoms with Gasteiger partial charge in [-0.25, -0.2) is 4.68 Å². The minimum absolute atomic E-state index is 0.223. The molecule has 0 atom stereocenters. The average molecular weight is 367 g/mol. The van der Waals surface area contributed by atoms with Crippen molar-refractivity contribution in [3.63, 3.8) is 0 Å². The Hall–Kier alpha value is -2.97. The maximum Gasteiger partial charge on any atom is 0.573 e. The molecular weight excluding hydrogens is 351 g/mol. The highest BCUT2D eigenvalue weighted by Gasteiger charge is 2.31. The topological polar surface area (TPSA) is 69.0 Å². The van der Waals surface area contributed by atoms with E-state index in [1.165, 1.54) is 27.4 Å². The Labute approximate surface area is 145 Å². The summed E-state index contributed by atoms with van der Waals surface area (Å²) in [6.07, 6.45) is -4.04. The van der Waals surface area contributed by atoms with Crippen molar-refractivity contribution in [1.29, 1.82) is 0 Å². The second-order valence-electron chi connectivity index (χ2n) is 5.80. The number of alkyl halides is 3. The molecule has 0 saturated carbocycles. The number of fused-ring (bicyclic) bond motifs is 1. The molecule has 2 aromatic heterocycles. The zero-order valence-electron chi connectivity index (χ0n) is 14.1. The first kappa shape index (κ1) is 17.8. The molecule has 0 aliphatic rings. The minimum atomic E-state index is -4.78. The molecule has 6 nitrogen and oxygen atoms in total. The monoisotopic (exact) mass is 367 g/mol. The number of rotatable bonds is 4. The van der Waals surface area contributed by atoms with Gasteiger partial charge in [-0.2, -0.15) is 0 Å². The van der Waals surface area contributed by atoms with Crippen molar-refractivity contribution < 1.29 is 17.9 Å². The Morgan fingerprint density at radius 1 is 1.15 bits per heavy atom. The van der Waals surface area contributed by atoms with Gasteiger partial charge in [0.1, 0.15) is 5.75 Å². The summed E-state index contributed by atoms with van der Waals surface area (Å²) < 4.78 is 43.2. The number of pyridine rings is 1. The Balaban J connectivity index is 2.09. The van der Waals surface area contributed by atoms with Gasteiger partial charge in [-0.1, -0.05) is 6.92 Å². The number of aryl methyl sites for hydroxylation is 1. The summed E-state index contributed by atoms with van der Waals surface area (Å²) in [5.41, 5.74) is 0.646. The van der Waals surface area contributed by atoms with Crippen LogP contribution in [0.4, 0.5) is 13.2 Å². The van der Waals surface area contributed by atoms with Gasteiger partial charge in [-0.15, -0.1) is 13.2 Å². The first-order chi connectivity index (χ1) is 12.2. The molecule has 1 N–H and O–H groups in total. The zero-order chi connectivity index (χ0) is 19.1. The highest BCUT2D eigenvalue weighted by Crippen LogP contribution is 2.23. The van der Waals surface area contributed by atoms with E-state index in [2.05, 4.69) is 9.84 Å². The highest BCUT2D eigenvalue weighted by molar-refractivity contribution is 5.80. The first-order valence-corrected chi connectivity index (χ1v) is 7.92. The largest absolute Gasteiger partial charge is 0.573 e. The first-order valence-electron chi connectivity index (χ1n) is 7.92. The van der Waals surface area contributed by atoms with E-state index >= 15 is 0 Å². The van der Waals surface area contributed by atoms with E-state index in [9.17, 15) is 22.8 Å². The van der Waals surface area contributed by atoms with Gasteiger partial charge >= 0.3 is 6.36 Å². The quantitative estimate of drug-likeness (QED) is 0.770. The molecular formula is C17H16F3N3O3. The van der Waals surface area contributed by atoms with Gasteiger partial charge < -0.3 is 9.30 Å². The van der Waals surface area contributed by atoms with Crippen LogP contribution >= 0.6 is 0 Å². The van der Waals surface area contributed by atoms with Crippen LogP contribution in [0.2, 0.25) is 0 Å². The minimum Gasteiger partial charge on any atom is -0.406 e. The number of hydrogen-bond donors (Lipinski definition) is 1. The van der Waals surface area contributed by atoms with Crippen LogP contribution in [0.25, 0.3) is 16.6 Å². The van der Waals surface area contributed by atoms with E-state index in [4.69, 9.17) is 0 Å². The van der Waals surface area contributed by atoms with Crippen LogP contribution in [-0.2, 0) is 6.54 Å². The zero-order valence-corrected chi connectivity index (χ0v) is 14.1. The summed E-state index contributed by atoms with van der Waals surface area (Å²) in [6.45, 7) is 4.12. The van der Waals surface area contributed by atoms with Crippen LogP contribution in [0.15, 0.2) is 39.9 Å². The van der Waals surface area contributed by atoms with Crippen molar-refractivity contribution in [3.05, 3.63) is 56.7 Å². The lowest BCUT2D eigenvalue weighted by Gasteiger charge is -2.09. The molecule has 0 aliphatic carbocycles. The maximum atomic E-state index is 12.7. The van der Waals surface area contributed by atoms with Crippen molar-refractivity contribution in [2.75, 3.05) is 0 Å². The van der Waals surface area contributed by atoms with Crippen LogP contribution in [0, 0.1) is 6.92 Å². The Morgan fingerprint density at radius 3 is 2.38 bits per heavy atom. The van der Waals surface area contributed by atoms with E-state index in [0.717, 1.165) is 18.6 Å². The average Bonchev–Trinajstić information content (AvgIpc) is 2.87. The number of aromatic amines is 1. The van der Waals surface area contributed by atoms with E-state index in [0.29, 0.717) is 28.8 Å².